The Morgan fingerprint density at radius 3 is 3.13 bits per heavy atom. The Labute approximate surface area is 88.6 Å². The minimum absolute atomic E-state index is 0.154. The maximum Gasteiger partial charge on any atom is 0.286 e. The first-order chi connectivity index (χ1) is 7.27. The number of carbonyl (C=O) groups excluding carboxylic acids is 1. The van der Waals surface area contributed by atoms with Crippen molar-refractivity contribution in [1.82, 2.24) is 5.32 Å². The zero-order valence-corrected chi connectivity index (χ0v) is 8.73. The van der Waals surface area contributed by atoms with Crippen LogP contribution in [0.25, 0.3) is 0 Å². The first-order valence-corrected chi connectivity index (χ1v) is 5.20. The predicted octanol–water partition coefficient (Wildman–Crippen LogP) is 1.43. The third-order valence-corrected chi connectivity index (χ3v) is 2.80. The summed E-state index contributed by atoms with van der Waals surface area (Å²) < 4.78 is 10.4. The van der Waals surface area contributed by atoms with Gasteiger partial charge in [-0.3, -0.25) is 4.79 Å². The van der Waals surface area contributed by atoms with Crippen LogP contribution in [0.2, 0.25) is 0 Å². The average Bonchev–Trinajstić information content (AvgIpc) is 2.85. The molecule has 4 heteroatoms. The molecule has 82 valence electrons. The van der Waals surface area contributed by atoms with E-state index in [-0.39, 0.29) is 12.0 Å². The van der Waals surface area contributed by atoms with Crippen LogP contribution < -0.4 is 5.32 Å². The first-order valence-electron chi connectivity index (χ1n) is 5.20. The molecule has 15 heavy (non-hydrogen) atoms. The highest BCUT2D eigenvalue weighted by molar-refractivity contribution is 5.91. The Bertz CT molecular complexity index is 321. The fourth-order valence-corrected chi connectivity index (χ4v) is 1.76. The molecule has 1 fully saturated rings. The van der Waals surface area contributed by atoms with Crippen molar-refractivity contribution in [3.8, 4) is 0 Å². The van der Waals surface area contributed by atoms with Gasteiger partial charge in [-0.05, 0) is 25.5 Å². The van der Waals surface area contributed by atoms with Crippen molar-refractivity contribution in [3.63, 3.8) is 0 Å². The van der Waals surface area contributed by atoms with E-state index in [0.717, 1.165) is 13.0 Å². The summed E-state index contributed by atoms with van der Waals surface area (Å²) in [6.45, 7) is 3.49. The van der Waals surface area contributed by atoms with E-state index in [1.807, 2.05) is 6.92 Å². The summed E-state index contributed by atoms with van der Waals surface area (Å²) in [6.07, 6.45) is 2.75. The molecular formula is C11H15NO3. The molecule has 0 radical (unpaired) electrons. The molecule has 1 aliphatic heterocycles. The van der Waals surface area contributed by atoms with Crippen molar-refractivity contribution in [1.29, 1.82) is 0 Å². The van der Waals surface area contributed by atoms with Gasteiger partial charge < -0.3 is 14.5 Å². The zero-order valence-electron chi connectivity index (χ0n) is 8.73. The summed E-state index contributed by atoms with van der Waals surface area (Å²) in [6, 6.07) is 3.36. The van der Waals surface area contributed by atoms with Gasteiger partial charge in [0, 0.05) is 19.1 Å². The molecule has 2 heterocycles. The molecular weight excluding hydrogens is 194 g/mol. The van der Waals surface area contributed by atoms with Crippen molar-refractivity contribution < 1.29 is 13.9 Å². The van der Waals surface area contributed by atoms with Crippen LogP contribution in [0.15, 0.2) is 22.8 Å². The lowest BCUT2D eigenvalue weighted by molar-refractivity contribution is 0.0884. The van der Waals surface area contributed by atoms with Crippen molar-refractivity contribution in [2.75, 3.05) is 13.2 Å². The molecule has 0 aliphatic carbocycles. The largest absolute Gasteiger partial charge is 0.459 e. The number of furan rings is 1. The Hall–Kier alpha value is -1.29. The normalized spacial score (nSPS) is 25.4. The Morgan fingerprint density at radius 2 is 2.53 bits per heavy atom. The number of ether oxygens (including phenoxy) is 1. The maximum atomic E-state index is 11.5. The van der Waals surface area contributed by atoms with Gasteiger partial charge in [-0.2, -0.15) is 0 Å². The number of amides is 1. The predicted molar refractivity (Wildman–Crippen MR) is 54.6 cm³/mol. The minimum atomic E-state index is -0.154. The van der Waals surface area contributed by atoms with Crippen LogP contribution in [-0.4, -0.2) is 25.2 Å². The van der Waals surface area contributed by atoms with Gasteiger partial charge in [0.05, 0.1) is 12.4 Å². The molecule has 4 nitrogen and oxygen atoms in total. The van der Waals surface area contributed by atoms with E-state index < -0.39 is 0 Å². The van der Waals surface area contributed by atoms with Crippen molar-refractivity contribution in [2.24, 2.45) is 5.92 Å². The van der Waals surface area contributed by atoms with Gasteiger partial charge in [0.25, 0.3) is 5.91 Å². The Kier molecular flexibility index (Phi) is 3.06. The van der Waals surface area contributed by atoms with Crippen LogP contribution >= 0.6 is 0 Å². The summed E-state index contributed by atoms with van der Waals surface area (Å²) in [5.74, 6) is 0.629. The Balaban J connectivity index is 1.81. The molecule has 2 rings (SSSR count). The van der Waals surface area contributed by atoms with Gasteiger partial charge in [-0.1, -0.05) is 0 Å². The summed E-state index contributed by atoms with van der Waals surface area (Å²) in [5, 5.41) is 2.84. The van der Waals surface area contributed by atoms with E-state index in [4.69, 9.17) is 9.15 Å². The smallest absolute Gasteiger partial charge is 0.286 e. The Morgan fingerprint density at radius 1 is 1.67 bits per heavy atom. The minimum Gasteiger partial charge on any atom is -0.459 e. The number of nitrogens with one attached hydrogen (secondary N) is 1. The van der Waals surface area contributed by atoms with E-state index >= 15 is 0 Å². The van der Waals surface area contributed by atoms with Crippen LogP contribution in [0, 0.1) is 5.92 Å². The standard InChI is InChI=1S/C11H15NO3/c1-8-9(4-6-14-8)7-12-11(13)10-3-2-5-15-10/h2-3,5,8-9H,4,6-7H2,1H3,(H,12,13). The highest BCUT2D eigenvalue weighted by Crippen LogP contribution is 2.19. The summed E-state index contributed by atoms with van der Waals surface area (Å²) >= 11 is 0. The first kappa shape index (κ1) is 10.2. The lowest BCUT2D eigenvalue weighted by atomic mass is 10.0. The van der Waals surface area contributed by atoms with E-state index in [1.54, 1.807) is 12.1 Å². The van der Waals surface area contributed by atoms with Gasteiger partial charge in [-0.15, -0.1) is 0 Å². The second-order valence-corrected chi connectivity index (χ2v) is 3.81. The van der Waals surface area contributed by atoms with Crippen molar-refractivity contribution >= 4 is 5.91 Å². The SMILES string of the molecule is CC1OCCC1CNC(=O)c1ccco1. The van der Waals surface area contributed by atoms with Crippen molar-refractivity contribution in [3.05, 3.63) is 24.2 Å². The van der Waals surface area contributed by atoms with Gasteiger partial charge in [0.1, 0.15) is 0 Å². The third-order valence-electron chi connectivity index (χ3n) is 2.80. The second kappa shape index (κ2) is 4.49. The molecule has 2 unspecified atom stereocenters. The van der Waals surface area contributed by atoms with E-state index in [9.17, 15) is 4.79 Å². The fraction of sp³-hybridized carbons (Fsp3) is 0.545. The van der Waals surface area contributed by atoms with Crippen LogP contribution in [0.3, 0.4) is 0 Å². The van der Waals surface area contributed by atoms with E-state index in [2.05, 4.69) is 5.32 Å². The molecule has 0 bridgehead atoms. The van der Waals surface area contributed by atoms with Gasteiger partial charge in [0.2, 0.25) is 0 Å². The lowest BCUT2D eigenvalue weighted by Crippen LogP contribution is -2.31. The second-order valence-electron chi connectivity index (χ2n) is 3.81. The summed E-state index contributed by atoms with van der Waals surface area (Å²) in [7, 11) is 0. The van der Waals surface area contributed by atoms with Crippen molar-refractivity contribution in [2.45, 2.75) is 19.4 Å². The average molecular weight is 209 g/mol. The molecule has 1 aromatic heterocycles. The number of hydrogen-bond acceptors (Lipinski definition) is 3. The fourth-order valence-electron chi connectivity index (χ4n) is 1.76. The number of hydrogen-bond donors (Lipinski definition) is 1. The molecule has 0 spiro atoms. The van der Waals surface area contributed by atoms with E-state index in [1.165, 1.54) is 6.26 Å². The van der Waals surface area contributed by atoms with Gasteiger partial charge >= 0.3 is 0 Å². The van der Waals surface area contributed by atoms with Crippen LogP contribution in [0.4, 0.5) is 0 Å². The third kappa shape index (κ3) is 2.39. The highest BCUT2D eigenvalue weighted by Gasteiger charge is 2.24. The molecule has 1 saturated heterocycles. The van der Waals surface area contributed by atoms with E-state index in [0.29, 0.717) is 18.2 Å². The summed E-state index contributed by atoms with van der Waals surface area (Å²) in [4.78, 5) is 11.5. The van der Waals surface area contributed by atoms with Gasteiger partial charge in [0.15, 0.2) is 5.76 Å². The maximum absolute atomic E-state index is 11.5. The molecule has 1 N–H and O–H groups in total. The molecule has 0 saturated carbocycles. The molecule has 0 aromatic carbocycles. The highest BCUT2D eigenvalue weighted by atomic mass is 16.5. The number of rotatable bonds is 3. The van der Waals surface area contributed by atoms with Crippen LogP contribution in [0.5, 0.6) is 0 Å². The van der Waals surface area contributed by atoms with Crippen LogP contribution in [0.1, 0.15) is 23.9 Å². The molecule has 2 atom stereocenters. The molecule has 1 aliphatic rings. The monoisotopic (exact) mass is 209 g/mol. The molecule has 1 aromatic rings. The molecule has 1 amide bonds. The summed E-state index contributed by atoms with van der Waals surface area (Å²) in [5.41, 5.74) is 0. The topological polar surface area (TPSA) is 51.5 Å². The van der Waals surface area contributed by atoms with Crippen LogP contribution in [-0.2, 0) is 4.74 Å². The lowest BCUT2D eigenvalue weighted by Gasteiger charge is -2.13. The number of carbonyl (C=O) groups is 1. The van der Waals surface area contributed by atoms with Gasteiger partial charge in [-0.25, -0.2) is 0 Å². The quantitative estimate of drug-likeness (QED) is 0.819. The zero-order chi connectivity index (χ0) is 10.7.